The Bertz CT molecular complexity index is 822. The second-order valence-corrected chi connectivity index (χ2v) is 5.83. The van der Waals surface area contributed by atoms with Crippen LogP contribution in [0.15, 0.2) is 60.9 Å². The molecule has 3 heteroatoms. The number of fused-ring (bicyclic) bond motifs is 1. The number of hydrogen-bond donors (Lipinski definition) is 0. The van der Waals surface area contributed by atoms with Gasteiger partial charge in [0, 0.05) is 50.6 Å². The van der Waals surface area contributed by atoms with Crippen LogP contribution in [-0.4, -0.2) is 5.78 Å². The zero-order valence-corrected chi connectivity index (χ0v) is 16.5. The Balaban J connectivity index is 0.00000192. The van der Waals surface area contributed by atoms with E-state index in [2.05, 4.69) is 44.2 Å². The van der Waals surface area contributed by atoms with Crippen LogP contribution in [0, 0.1) is 13.8 Å². The van der Waals surface area contributed by atoms with Crippen LogP contribution < -0.4 is 4.57 Å². The Morgan fingerprint density at radius 3 is 2.26 bits per heavy atom. The molecule has 2 aromatic carbocycles. The molecule has 0 saturated heterocycles. The predicted molar refractivity (Wildman–Crippen MR) is 88.8 cm³/mol. The third kappa shape index (κ3) is 4.33. The van der Waals surface area contributed by atoms with Crippen molar-refractivity contribution in [3.63, 3.8) is 0 Å². The summed E-state index contributed by atoms with van der Waals surface area (Å²) in [6, 6.07) is 16.4. The van der Waals surface area contributed by atoms with Gasteiger partial charge in [-0.2, -0.15) is 4.57 Å². The second-order valence-electron chi connectivity index (χ2n) is 5.83. The van der Waals surface area contributed by atoms with Crippen molar-refractivity contribution in [1.82, 2.24) is 0 Å². The average Bonchev–Trinajstić information content (AvgIpc) is 2.51. The van der Waals surface area contributed by atoms with Crippen LogP contribution in [0.1, 0.15) is 16.7 Å². The van der Waals surface area contributed by atoms with E-state index in [1.807, 2.05) is 35.2 Å². The van der Waals surface area contributed by atoms with Crippen molar-refractivity contribution in [2.75, 3.05) is 0 Å². The zero-order valence-electron chi connectivity index (χ0n) is 13.6. The summed E-state index contributed by atoms with van der Waals surface area (Å²) in [5.74, 6) is 0.234. The average molecular weight is 379 g/mol. The first-order chi connectivity index (χ1) is 10.6. The number of Topliss-reactive ketones (excluding diaryl/α,β-unsaturated/α-hetero) is 1. The van der Waals surface area contributed by atoms with E-state index in [1.165, 1.54) is 16.5 Å². The van der Waals surface area contributed by atoms with Gasteiger partial charge in [0.2, 0.25) is 12.3 Å². The second kappa shape index (κ2) is 7.94. The van der Waals surface area contributed by atoms with Gasteiger partial charge in [-0.05, 0) is 42.0 Å². The van der Waals surface area contributed by atoms with E-state index < -0.39 is 0 Å². The maximum Gasteiger partial charge on any atom is 0.206 e. The first kappa shape index (κ1) is 18.0. The molecule has 3 rings (SSSR count). The van der Waals surface area contributed by atoms with Gasteiger partial charge in [0.05, 0.1) is 0 Å². The normalized spacial score (nSPS) is 10.3. The van der Waals surface area contributed by atoms with Gasteiger partial charge in [-0.15, -0.1) is 0 Å². The number of aryl methyl sites for hydroxylation is 2. The minimum absolute atomic E-state index is 0. The topological polar surface area (TPSA) is 20.9 Å². The molecule has 1 aromatic heterocycles. The molecule has 0 saturated carbocycles. The predicted octanol–water partition coefficient (Wildman–Crippen LogP) is 3.55. The molecule has 3 aromatic rings. The number of carbonyl (C=O) groups excluding carboxylic acids is 1. The Morgan fingerprint density at radius 2 is 1.57 bits per heavy atom. The van der Waals surface area contributed by atoms with Gasteiger partial charge in [0.1, 0.15) is 0 Å². The Labute approximate surface area is 162 Å². The van der Waals surface area contributed by atoms with Crippen molar-refractivity contribution in [2.45, 2.75) is 26.8 Å². The van der Waals surface area contributed by atoms with Crippen molar-refractivity contribution >= 4 is 16.6 Å². The van der Waals surface area contributed by atoms with Crippen LogP contribution in [0.25, 0.3) is 10.8 Å². The number of aromatic nitrogens is 1. The van der Waals surface area contributed by atoms with E-state index in [4.69, 9.17) is 0 Å². The maximum atomic E-state index is 12.4. The molecule has 0 bridgehead atoms. The summed E-state index contributed by atoms with van der Waals surface area (Å²) in [4.78, 5) is 12.4. The fourth-order valence-electron chi connectivity index (χ4n) is 2.86. The molecule has 1 heterocycles. The largest absolute Gasteiger partial charge is 0.292 e. The minimum Gasteiger partial charge on any atom is -0.292 e. The molecule has 23 heavy (non-hydrogen) atoms. The molecule has 113 valence electrons. The van der Waals surface area contributed by atoms with Gasteiger partial charge in [-0.1, -0.05) is 36.4 Å². The van der Waals surface area contributed by atoms with Crippen LogP contribution in [0.5, 0.6) is 0 Å². The van der Waals surface area contributed by atoms with Gasteiger partial charge in [0.25, 0.3) is 0 Å². The van der Waals surface area contributed by atoms with Gasteiger partial charge >= 0.3 is 0 Å². The molecule has 2 nitrogen and oxygen atoms in total. The van der Waals surface area contributed by atoms with Gasteiger partial charge in [-0.25, -0.2) is 0 Å². The van der Waals surface area contributed by atoms with Gasteiger partial charge < -0.3 is 0 Å². The summed E-state index contributed by atoms with van der Waals surface area (Å²) in [6.07, 6.45) is 4.52. The monoisotopic (exact) mass is 379 g/mol. The molecule has 0 amide bonds. The zero-order chi connectivity index (χ0) is 15.5. The number of ketones is 1. The van der Waals surface area contributed by atoms with Crippen LogP contribution >= 0.6 is 0 Å². The molecule has 0 fully saturated rings. The number of carbonyl (C=O) groups is 1. The van der Waals surface area contributed by atoms with Crippen LogP contribution in [0.2, 0.25) is 0 Å². The first-order valence-electron chi connectivity index (χ1n) is 7.58. The van der Waals surface area contributed by atoms with Crippen LogP contribution in [0.4, 0.5) is 0 Å². The number of nitrogens with zero attached hydrogens (tertiary/aromatic N) is 1. The van der Waals surface area contributed by atoms with E-state index in [9.17, 15) is 4.79 Å². The summed E-state index contributed by atoms with van der Waals surface area (Å²) < 4.78 is 1.97. The first-order valence-corrected chi connectivity index (χ1v) is 7.58. The molecule has 1 radical (unpaired) electrons. The molecule has 0 spiro atoms. The number of rotatable bonds is 4. The summed E-state index contributed by atoms with van der Waals surface area (Å²) in [5, 5.41) is 2.35. The summed E-state index contributed by atoms with van der Waals surface area (Å²) in [7, 11) is 0. The fraction of sp³-hybridized carbons (Fsp3) is 0.200. The summed E-state index contributed by atoms with van der Waals surface area (Å²) >= 11 is 0. The number of benzene rings is 2. The van der Waals surface area contributed by atoms with E-state index in [0.29, 0.717) is 13.0 Å². The molecule has 0 N–H and O–H groups in total. The maximum absolute atomic E-state index is 12.4. The van der Waals surface area contributed by atoms with Gasteiger partial charge in [-0.3, -0.25) is 4.79 Å². The standard InChI is InChI=1S/C20H20NO.Y/c1-15-6-5-7-16(2)20(15)12-19(22)14-21-11-10-17-8-3-4-9-18(17)13-21;/h3-11,13H,12,14H2,1-2H3;/q+1;. The van der Waals surface area contributed by atoms with Crippen LogP contribution in [0.3, 0.4) is 0 Å². The Hall–Kier alpha value is -1.38. The number of hydrogen-bond acceptors (Lipinski definition) is 1. The van der Waals surface area contributed by atoms with Crippen molar-refractivity contribution < 1.29 is 42.1 Å². The number of pyridine rings is 1. The summed E-state index contributed by atoms with van der Waals surface area (Å²) in [6.45, 7) is 4.55. The van der Waals surface area contributed by atoms with Crippen molar-refractivity contribution in [3.05, 3.63) is 77.6 Å². The third-order valence-electron chi connectivity index (χ3n) is 4.12. The molecule has 0 aliphatic carbocycles. The molecule has 0 atom stereocenters. The summed E-state index contributed by atoms with van der Waals surface area (Å²) in [5.41, 5.74) is 3.54. The molecule has 0 unspecified atom stereocenters. The molecule has 0 aliphatic heterocycles. The van der Waals surface area contributed by atoms with Gasteiger partial charge in [0.15, 0.2) is 12.4 Å². The third-order valence-corrected chi connectivity index (χ3v) is 4.12. The molecular formula is C20H20NOY+. The van der Waals surface area contributed by atoms with Crippen molar-refractivity contribution in [3.8, 4) is 0 Å². The molecular weight excluding hydrogens is 359 g/mol. The van der Waals surface area contributed by atoms with Crippen molar-refractivity contribution in [1.29, 1.82) is 0 Å². The quantitative estimate of drug-likeness (QED) is 0.635. The Kier molecular flexibility index (Phi) is 6.20. The van der Waals surface area contributed by atoms with E-state index in [1.54, 1.807) is 0 Å². The minimum atomic E-state index is 0. The SMILES string of the molecule is Cc1cccc(C)c1CC(=O)C[n+]1ccc2ccccc2c1.[Y]. The smallest absolute Gasteiger partial charge is 0.206 e. The van der Waals surface area contributed by atoms with E-state index >= 15 is 0 Å². The molecule has 0 aliphatic rings. The van der Waals surface area contributed by atoms with Crippen molar-refractivity contribution in [2.24, 2.45) is 0 Å². The fourth-order valence-corrected chi connectivity index (χ4v) is 2.86. The Morgan fingerprint density at radius 1 is 0.913 bits per heavy atom. The van der Waals surface area contributed by atoms with E-state index in [0.717, 1.165) is 10.9 Å². The van der Waals surface area contributed by atoms with E-state index in [-0.39, 0.29) is 38.5 Å². The van der Waals surface area contributed by atoms with Crippen LogP contribution in [-0.2, 0) is 50.5 Å².